The van der Waals surface area contributed by atoms with E-state index in [0.29, 0.717) is 0 Å². The van der Waals surface area contributed by atoms with Gasteiger partial charge in [0.2, 0.25) is 0 Å². The van der Waals surface area contributed by atoms with Crippen LogP contribution in [0.1, 0.15) is 18.9 Å². The Bertz CT molecular complexity index is 299. The van der Waals surface area contributed by atoms with E-state index in [-0.39, 0.29) is 0 Å². The molecular formula is C10H11B. The molecule has 11 heavy (non-hydrogen) atoms. The fourth-order valence-electron chi connectivity index (χ4n) is 1.58. The van der Waals surface area contributed by atoms with E-state index in [2.05, 4.69) is 38.1 Å². The predicted molar refractivity (Wildman–Crippen MR) is 50.8 cm³/mol. The summed E-state index contributed by atoms with van der Waals surface area (Å²) in [6.45, 7) is 4.53. The van der Waals surface area contributed by atoms with Crippen LogP contribution >= 0.6 is 0 Å². The van der Waals surface area contributed by atoms with Crippen LogP contribution in [0.2, 0.25) is 0 Å². The van der Waals surface area contributed by atoms with E-state index in [4.69, 9.17) is 0 Å². The molecule has 1 aromatic rings. The van der Waals surface area contributed by atoms with E-state index in [1.165, 1.54) is 23.9 Å². The van der Waals surface area contributed by atoms with Crippen LogP contribution in [0.3, 0.4) is 0 Å². The molecule has 0 aromatic heterocycles. The molecule has 0 amide bonds. The van der Waals surface area contributed by atoms with Gasteiger partial charge >= 0.3 is 67.4 Å². The van der Waals surface area contributed by atoms with Crippen LogP contribution in [0.4, 0.5) is 0 Å². The van der Waals surface area contributed by atoms with Gasteiger partial charge in [-0.1, -0.05) is 0 Å². The van der Waals surface area contributed by atoms with Crippen molar-refractivity contribution < 1.29 is 0 Å². The van der Waals surface area contributed by atoms with Crippen LogP contribution in [0.25, 0.3) is 0 Å². The van der Waals surface area contributed by atoms with E-state index in [0.717, 1.165) is 0 Å². The number of benzene rings is 1. The second kappa shape index (κ2) is 2.65. The van der Waals surface area contributed by atoms with Crippen molar-refractivity contribution in [3.05, 3.63) is 29.8 Å². The van der Waals surface area contributed by atoms with Crippen molar-refractivity contribution in [2.75, 3.05) is 0 Å². The SMILES string of the molecule is CCC1=Bc2ccccc2C1. The summed E-state index contributed by atoms with van der Waals surface area (Å²) in [5.74, 6) is 0. The number of fused-ring (bicyclic) bond motifs is 1. The quantitative estimate of drug-likeness (QED) is 0.516. The number of rotatable bonds is 1. The van der Waals surface area contributed by atoms with Gasteiger partial charge in [-0.2, -0.15) is 0 Å². The molecule has 0 fully saturated rings. The summed E-state index contributed by atoms with van der Waals surface area (Å²) < 4.78 is 0. The molecule has 0 nitrogen and oxygen atoms in total. The Labute approximate surface area is 68.2 Å². The van der Waals surface area contributed by atoms with E-state index in [1.807, 2.05) is 0 Å². The minimum absolute atomic E-state index is 1.17. The molecule has 1 aliphatic rings. The van der Waals surface area contributed by atoms with Gasteiger partial charge < -0.3 is 0 Å². The Hall–Kier alpha value is -0.845. The van der Waals surface area contributed by atoms with E-state index in [1.54, 1.807) is 5.46 Å². The molecule has 54 valence electrons. The average molecular weight is 142 g/mol. The zero-order valence-electron chi connectivity index (χ0n) is 6.80. The average Bonchev–Trinajstić information content (AvgIpc) is 2.46. The molecule has 0 saturated carbocycles. The molecule has 1 aliphatic heterocycles. The topological polar surface area (TPSA) is 0 Å². The number of hydrogen-bond donors (Lipinski definition) is 0. The molecule has 0 bridgehead atoms. The van der Waals surface area contributed by atoms with Crippen LogP contribution < -0.4 is 5.46 Å². The monoisotopic (exact) mass is 142 g/mol. The Balaban J connectivity index is 2.39. The van der Waals surface area contributed by atoms with Crippen molar-refractivity contribution in [2.45, 2.75) is 19.8 Å². The summed E-state index contributed by atoms with van der Waals surface area (Å²) in [6, 6.07) is 8.63. The van der Waals surface area contributed by atoms with Gasteiger partial charge in [-0.05, 0) is 0 Å². The minimum atomic E-state index is 1.17. The van der Waals surface area contributed by atoms with Crippen LogP contribution in [0.15, 0.2) is 24.3 Å². The van der Waals surface area contributed by atoms with Crippen molar-refractivity contribution >= 4 is 17.8 Å². The Morgan fingerprint density at radius 3 is 2.91 bits per heavy atom. The van der Waals surface area contributed by atoms with Gasteiger partial charge in [0.05, 0.1) is 0 Å². The van der Waals surface area contributed by atoms with Crippen LogP contribution in [0.5, 0.6) is 0 Å². The Morgan fingerprint density at radius 1 is 1.36 bits per heavy atom. The molecule has 0 spiro atoms. The zero-order valence-corrected chi connectivity index (χ0v) is 6.80. The second-order valence-corrected chi connectivity index (χ2v) is 3.03. The molecule has 1 heteroatoms. The summed E-state index contributed by atoms with van der Waals surface area (Å²) in [6.07, 6.45) is 2.36. The molecule has 1 aromatic carbocycles. The van der Waals surface area contributed by atoms with Gasteiger partial charge in [-0.15, -0.1) is 0 Å². The van der Waals surface area contributed by atoms with Crippen molar-refractivity contribution in [2.24, 2.45) is 0 Å². The first kappa shape index (κ1) is 6.84. The Morgan fingerprint density at radius 2 is 2.18 bits per heavy atom. The first-order valence-electron chi connectivity index (χ1n) is 4.17. The zero-order chi connectivity index (χ0) is 7.68. The fourth-order valence-corrected chi connectivity index (χ4v) is 1.58. The third-order valence-electron chi connectivity index (χ3n) is 2.29. The van der Waals surface area contributed by atoms with Crippen molar-refractivity contribution in [1.82, 2.24) is 0 Å². The molecule has 0 N–H and O–H groups in total. The van der Waals surface area contributed by atoms with Crippen molar-refractivity contribution in [1.29, 1.82) is 0 Å². The third kappa shape index (κ3) is 1.15. The molecule has 0 radical (unpaired) electrons. The third-order valence-corrected chi connectivity index (χ3v) is 2.29. The second-order valence-electron chi connectivity index (χ2n) is 3.03. The van der Waals surface area contributed by atoms with Crippen LogP contribution in [0, 0.1) is 0 Å². The molecule has 0 saturated heterocycles. The summed E-state index contributed by atoms with van der Waals surface area (Å²) >= 11 is 0. The Kier molecular flexibility index (Phi) is 1.65. The van der Waals surface area contributed by atoms with Crippen LogP contribution in [-0.4, -0.2) is 12.4 Å². The van der Waals surface area contributed by atoms with Gasteiger partial charge in [0.1, 0.15) is 0 Å². The maximum atomic E-state index is 2.31. The fraction of sp³-hybridized carbons (Fsp3) is 0.300. The first-order chi connectivity index (χ1) is 5.40. The molecule has 0 aliphatic carbocycles. The summed E-state index contributed by atoms with van der Waals surface area (Å²) in [4.78, 5) is 0. The number of hydrogen-bond acceptors (Lipinski definition) is 0. The molecule has 0 unspecified atom stereocenters. The predicted octanol–water partition coefficient (Wildman–Crippen LogP) is 1.15. The van der Waals surface area contributed by atoms with E-state index < -0.39 is 0 Å². The van der Waals surface area contributed by atoms with Gasteiger partial charge in [-0.25, -0.2) is 0 Å². The van der Waals surface area contributed by atoms with Gasteiger partial charge in [0.15, 0.2) is 0 Å². The molecular weight excluding hydrogens is 131 g/mol. The van der Waals surface area contributed by atoms with Crippen LogP contribution in [-0.2, 0) is 6.42 Å². The molecule has 1 heterocycles. The van der Waals surface area contributed by atoms with Crippen molar-refractivity contribution in [3.8, 4) is 0 Å². The summed E-state index contributed by atoms with van der Waals surface area (Å²) in [5, 5.41) is 0. The van der Waals surface area contributed by atoms with E-state index in [9.17, 15) is 0 Å². The standard InChI is InChI=1S/C10H11B/c1-2-9-7-8-5-3-4-6-10(8)11-9/h3-6H,2,7H2,1H3. The van der Waals surface area contributed by atoms with Crippen molar-refractivity contribution in [3.63, 3.8) is 0 Å². The summed E-state index contributed by atoms with van der Waals surface area (Å²) in [5.41, 5.74) is 4.47. The van der Waals surface area contributed by atoms with Gasteiger partial charge in [-0.3, -0.25) is 0 Å². The first-order valence-corrected chi connectivity index (χ1v) is 4.17. The summed E-state index contributed by atoms with van der Waals surface area (Å²) in [7, 11) is 0. The molecule has 2 rings (SSSR count). The maximum absolute atomic E-state index is 2.31. The van der Waals surface area contributed by atoms with Gasteiger partial charge in [0.25, 0.3) is 0 Å². The molecule has 0 atom stereocenters. The van der Waals surface area contributed by atoms with Gasteiger partial charge in [0, 0.05) is 0 Å². The normalized spacial score (nSPS) is 13.7. The van der Waals surface area contributed by atoms with E-state index >= 15 is 0 Å².